The van der Waals surface area contributed by atoms with Gasteiger partial charge < -0.3 is 10.5 Å². The van der Waals surface area contributed by atoms with Crippen molar-refractivity contribution in [3.05, 3.63) is 64.7 Å². The molecule has 8 heteroatoms. The van der Waals surface area contributed by atoms with Gasteiger partial charge in [0.1, 0.15) is 17.0 Å². The van der Waals surface area contributed by atoms with Crippen molar-refractivity contribution in [3.8, 4) is 22.9 Å². The van der Waals surface area contributed by atoms with Crippen LogP contribution >= 0.6 is 0 Å². The van der Waals surface area contributed by atoms with Gasteiger partial charge in [0.25, 0.3) is 5.56 Å². The summed E-state index contributed by atoms with van der Waals surface area (Å²) in [7, 11) is 0. The van der Waals surface area contributed by atoms with E-state index in [-0.39, 0.29) is 17.6 Å². The second kappa shape index (κ2) is 7.96. The molecule has 5 rings (SSSR count). The zero-order valence-corrected chi connectivity index (χ0v) is 17.3. The third-order valence-electron chi connectivity index (χ3n) is 5.89. The fourth-order valence-corrected chi connectivity index (χ4v) is 4.26. The molecular weight excluding hydrogens is 392 g/mol. The molecule has 0 spiro atoms. The number of benzene rings is 1. The van der Waals surface area contributed by atoms with Gasteiger partial charge in [-0.15, -0.1) is 0 Å². The second-order valence-electron chi connectivity index (χ2n) is 8.02. The molecule has 1 saturated carbocycles. The molecule has 1 aliphatic rings. The lowest BCUT2D eigenvalue weighted by atomic mass is 9.92. The molecule has 0 unspecified atom stereocenters. The maximum atomic E-state index is 12.7. The lowest BCUT2D eigenvalue weighted by molar-refractivity contribution is 0.311. The minimum Gasteiger partial charge on any atom is -0.439 e. The van der Waals surface area contributed by atoms with Crippen molar-refractivity contribution in [2.45, 2.75) is 44.7 Å². The number of aromatic amines is 1. The van der Waals surface area contributed by atoms with Gasteiger partial charge in [-0.25, -0.2) is 10.1 Å². The van der Waals surface area contributed by atoms with E-state index in [2.05, 4.69) is 15.2 Å². The molecule has 0 amide bonds. The third kappa shape index (κ3) is 3.70. The van der Waals surface area contributed by atoms with Crippen LogP contribution in [-0.4, -0.2) is 31.0 Å². The Balaban J connectivity index is 1.55. The molecule has 0 radical (unpaired) electrons. The minimum atomic E-state index is -0.218. The Hall–Kier alpha value is -3.52. The highest BCUT2D eigenvalue weighted by atomic mass is 16.5. The Labute approximate surface area is 179 Å². The van der Waals surface area contributed by atoms with Crippen LogP contribution in [0.25, 0.3) is 22.2 Å². The summed E-state index contributed by atoms with van der Waals surface area (Å²) < 4.78 is 7.69. The van der Waals surface area contributed by atoms with Gasteiger partial charge >= 0.3 is 0 Å². The predicted octanol–water partition coefficient (Wildman–Crippen LogP) is 3.72. The van der Waals surface area contributed by atoms with Crippen LogP contribution in [-0.2, 0) is 0 Å². The molecule has 1 fully saturated rings. The summed E-state index contributed by atoms with van der Waals surface area (Å²) in [6.07, 6.45) is 5.38. The van der Waals surface area contributed by atoms with Crippen LogP contribution in [0.5, 0.6) is 11.6 Å². The fraction of sp³-hybridized carbons (Fsp3) is 0.304. The number of pyridine rings is 1. The lowest BCUT2D eigenvalue weighted by Gasteiger charge is -2.26. The number of rotatable bonds is 4. The highest BCUT2D eigenvalue weighted by Gasteiger charge is 2.26. The van der Waals surface area contributed by atoms with Crippen molar-refractivity contribution in [1.29, 1.82) is 0 Å². The first kappa shape index (κ1) is 19.4. The Bertz CT molecular complexity index is 1260. The molecule has 8 nitrogen and oxygen atoms in total. The van der Waals surface area contributed by atoms with Crippen molar-refractivity contribution in [3.63, 3.8) is 0 Å². The van der Waals surface area contributed by atoms with Crippen LogP contribution in [0.4, 0.5) is 0 Å². The van der Waals surface area contributed by atoms with Crippen LogP contribution in [0.15, 0.2) is 53.5 Å². The van der Waals surface area contributed by atoms with Crippen LogP contribution in [0, 0.1) is 6.92 Å². The van der Waals surface area contributed by atoms with Gasteiger partial charge in [-0.05, 0) is 62.9 Å². The van der Waals surface area contributed by atoms with Crippen molar-refractivity contribution >= 4 is 10.9 Å². The van der Waals surface area contributed by atoms with Crippen LogP contribution in [0.1, 0.15) is 37.4 Å². The summed E-state index contributed by atoms with van der Waals surface area (Å²) in [4.78, 5) is 16.9. The van der Waals surface area contributed by atoms with Gasteiger partial charge in [0.05, 0.1) is 17.1 Å². The number of nitrogens with zero attached hydrogens (tertiary/aromatic N) is 4. The van der Waals surface area contributed by atoms with Gasteiger partial charge in [0.15, 0.2) is 0 Å². The van der Waals surface area contributed by atoms with Crippen LogP contribution in [0.2, 0.25) is 0 Å². The molecule has 3 heterocycles. The smallest absolute Gasteiger partial charge is 0.290 e. The average Bonchev–Trinajstić information content (AvgIpc) is 3.20. The number of fused-ring (bicyclic) bond motifs is 1. The Morgan fingerprint density at radius 3 is 2.58 bits per heavy atom. The average molecular weight is 416 g/mol. The van der Waals surface area contributed by atoms with E-state index in [4.69, 9.17) is 15.6 Å². The molecule has 1 aromatic carbocycles. The third-order valence-corrected chi connectivity index (χ3v) is 5.89. The number of hydrogen-bond acceptors (Lipinski definition) is 6. The number of hydrogen-bond donors (Lipinski definition) is 2. The molecule has 3 N–H and O–H groups in total. The van der Waals surface area contributed by atoms with Gasteiger partial charge in [-0.3, -0.25) is 9.48 Å². The molecule has 0 aliphatic heterocycles. The van der Waals surface area contributed by atoms with Gasteiger partial charge in [-0.2, -0.15) is 10.2 Å². The second-order valence-corrected chi connectivity index (χ2v) is 8.02. The zero-order chi connectivity index (χ0) is 21.4. The van der Waals surface area contributed by atoms with Gasteiger partial charge in [0.2, 0.25) is 5.88 Å². The van der Waals surface area contributed by atoms with Gasteiger partial charge in [0, 0.05) is 23.9 Å². The Morgan fingerprint density at radius 1 is 1.10 bits per heavy atom. The summed E-state index contributed by atoms with van der Waals surface area (Å²) >= 11 is 0. The maximum absolute atomic E-state index is 12.7. The topological polar surface area (TPSA) is 112 Å². The number of nitrogens with two attached hydrogens (primary N) is 1. The Morgan fingerprint density at radius 2 is 1.87 bits per heavy atom. The highest BCUT2D eigenvalue weighted by Crippen LogP contribution is 2.35. The molecule has 0 bridgehead atoms. The van der Waals surface area contributed by atoms with Crippen molar-refractivity contribution < 1.29 is 4.74 Å². The quantitative estimate of drug-likeness (QED) is 0.524. The molecule has 31 heavy (non-hydrogen) atoms. The SMILES string of the molecule is Cc1n[nH]c(=O)c2c1c(-c1ccc(Oc3ccccn3)cc1)nn2[C@H]1CC[C@@H](N)CC1. The first-order valence-corrected chi connectivity index (χ1v) is 10.5. The number of ether oxygens (including phenoxy) is 1. The Kier molecular flexibility index (Phi) is 4.99. The number of aryl methyl sites for hydroxylation is 1. The van der Waals surface area contributed by atoms with Crippen LogP contribution < -0.4 is 16.0 Å². The van der Waals surface area contributed by atoms with Crippen molar-refractivity contribution in [2.75, 3.05) is 0 Å². The van der Waals surface area contributed by atoms with Gasteiger partial charge in [-0.1, -0.05) is 6.07 Å². The molecule has 3 aromatic heterocycles. The summed E-state index contributed by atoms with van der Waals surface area (Å²) in [5.74, 6) is 1.22. The summed E-state index contributed by atoms with van der Waals surface area (Å²) in [5, 5.41) is 12.5. The standard InChI is InChI=1S/C23H24N6O2/c1-14-20-21(15-5-11-18(12-6-15)31-19-4-2-3-13-25-19)28-29(22(20)23(30)27-26-14)17-9-7-16(24)8-10-17/h2-6,11-13,16-17H,7-10,24H2,1H3,(H,27,30)/t16-,17+. The van der Waals surface area contributed by atoms with E-state index in [0.717, 1.165) is 48.0 Å². The summed E-state index contributed by atoms with van der Waals surface area (Å²) in [6.45, 7) is 1.89. The van der Waals surface area contributed by atoms with E-state index in [1.807, 2.05) is 48.0 Å². The van der Waals surface area contributed by atoms with Crippen LogP contribution in [0.3, 0.4) is 0 Å². The number of aromatic nitrogens is 5. The lowest BCUT2D eigenvalue weighted by Crippen LogP contribution is -2.29. The molecular formula is C23H24N6O2. The molecule has 0 atom stereocenters. The van der Waals surface area contributed by atoms with E-state index >= 15 is 0 Å². The molecule has 158 valence electrons. The minimum absolute atomic E-state index is 0.158. The number of H-pyrrole nitrogens is 1. The highest BCUT2D eigenvalue weighted by molar-refractivity contribution is 5.94. The summed E-state index contributed by atoms with van der Waals surface area (Å²) in [5.41, 5.74) is 8.85. The first-order valence-electron chi connectivity index (χ1n) is 10.5. The monoisotopic (exact) mass is 416 g/mol. The zero-order valence-electron chi connectivity index (χ0n) is 17.3. The van der Waals surface area contributed by atoms with E-state index in [1.165, 1.54) is 0 Å². The van der Waals surface area contributed by atoms with E-state index < -0.39 is 0 Å². The van der Waals surface area contributed by atoms with E-state index in [0.29, 0.717) is 17.1 Å². The predicted molar refractivity (Wildman–Crippen MR) is 118 cm³/mol. The largest absolute Gasteiger partial charge is 0.439 e. The molecule has 1 aliphatic carbocycles. The van der Waals surface area contributed by atoms with Crippen molar-refractivity contribution in [1.82, 2.24) is 25.0 Å². The molecule has 0 saturated heterocycles. The normalized spacial score (nSPS) is 18.9. The summed E-state index contributed by atoms with van der Waals surface area (Å²) in [6, 6.07) is 13.6. The number of nitrogens with one attached hydrogen (secondary N) is 1. The van der Waals surface area contributed by atoms with E-state index in [1.54, 1.807) is 12.3 Å². The van der Waals surface area contributed by atoms with E-state index in [9.17, 15) is 4.79 Å². The molecule has 4 aromatic rings. The first-order chi connectivity index (χ1) is 15.1. The maximum Gasteiger partial charge on any atom is 0.290 e. The fourth-order valence-electron chi connectivity index (χ4n) is 4.26. The van der Waals surface area contributed by atoms with Crippen molar-refractivity contribution in [2.24, 2.45) is 5.73 Å².